The zero-order valence-electron chi connectivity index (χ0n) is 15.9. The molecule has 0 spiro atoms. The van der Waals surface area contributed by atoms with E-state index in [2.05, 4.69) is 53.3 Å². The number of hydrogen-bond donors (Lipinski definition) is 1. The van der Waals surface area contributed by atoms with E-state index in [1.165, 1.54) is 21.8 Å². The number of ether oxygens (including phenoxy) is 2. The topological polar surface area (TPSA) is 52.5 Å². The maximum atomic E-state index is 12.6. The van der Waals surface area contributed by atoms with Crippen molar-refractivity contribution in [3.05, 3.63) is 48.0 Å². The monoisotopic (exact) mass is 366 g/mol. The van der Waals surface area contributed by atoms with Crippen LogP contribution in [0.5, 0.6) is 0 Å². The summed E-state index contributed by atoms with van der Waals surface area (Å²) in [6, 6.07) is 14.7. The molecule has 2 heterocycles. The van der Waals surface area contributed by atoms with Crippen LogP contribution in [0.4, 0.5) is 0 Å². The minimum absolute atomic E-state index is 0.0208. The molecule has 0 aliphatic carbocycles. The smallest absolute Gasteiger partial charge is 0.224 e. The number of carbonyl (C=O) groups is 1. The van der Waals surface area contributed by atoms with Gasteiger partial charge in [-0.2, -0.15) is 0 Å². The molecule has 4 rings (SSSR count). The van der Waals surface area contributed by atoms with Crippen LogP contribution in [0.3, 0.4) is 0 Å². The lowest BCUT2D eigenvalue weighted by atomic mass is 10.0. The van der Waals surface area contributed by atoms with Gasteiger partial charge in [0.1, 0.15) is 6.10 Å². The third-order valence-corrected chi connectivity index (χ3v) is 5.37. The van der Waals surface area contributed by atoms with Crippen LogP contribution in [-0.2, 0) is 27.7 Å². The number of para-hydroxylation sites is 1. The fourth-order valence-electron chi connectivity index (χ4n) is 4.02. The van der Waals surface area contributed by atoms with Gasteiger partial charge in [-0.05, 0) is 37.1 Å². The molecular formula is C22H26N2O3. The Morgan fingerprint density at radius 3 is 2.89 bits per heavy atom. The number of amides is 1. The van der Waals surface area contributed by atoms with Gasteiger partial charge in [0.2, 0.25) is 5.91 Å². The van der Waals surface area contributed by atoms with Gasteiger partial charge in [-0.3, -0.25) is 4.79 Å². The first-order valence-corrected chi connectivity index (χ1v) is 9.62. The molecule has 2 aromatic carbocycles. The summed E-state index contributed by atoms with van der Waals surface area (Å²) in [7, 11) is 2.08. The van der Waals surface area contributed by atoms with Crippen LogP contribution >= 0.6 is 0 Å². The van der Waals surface area contributed by atoms with E-state index in [-0.39, 0.29) is 18.1 Å². The number of nitrogens with zero attached hydrogens (tertiary/aromatic N) is 1. The van der Waals surface area contributed by atoms with E-state index in [0.29, 0.717) is 26.2 Å². The molecule has 1 aromatic heterocycles. The second-order valence-electron chi connectivity index (χ2n) is 7.14. The van der Waals surface area contributed by atoms with Crippen molar-refractivity contribution >= 4 is 27.7 Å². The summed E-state index contributed by atoms with van der Waals surface area (Å²) >= 11 is 0. The number of benzene rings is 2. The summed E-state index contributed by atoms with van der Waals surface area (Å²) in [5.41, 5.74) is 3.41. The highest BCUT2D eigenvalue weighted by molar-refractivity contribution is 6.08. The normalized spacial score (nSPS) is 20.2. The van der Waals surface area contributed by atoms with Crippen LogP contribution in [0, 0.1) is 0 Å². The first-order valence-electron chi connectivity index (χ1n) is 9.62. The fraction of sp³-hybridized carbons (Fsp3) is 0.409. The Balaban J connectivity index is 1.53. The summed E-state index contributed by atoms with van der Waals surface area (Å²) in [5, 5.41) is 5.56. The van der Waals surface area contributed by atoms with Gasteiger partial charge in [0.05, 0.1) is 19.1 Å². The number of nitrogens with one attached hydrogen (secondary N) is 1. The second kappa shape index (κ2) is 7.71. The summed E-state index contributed by atoms with van der Waals surface area (Å²) < 4.78 is 13.4. The van der Waals surface area contributed by atoms with Gasteiger partial charge in [0.15, 0.2) is 0 Å². The van der Waals surface area contributed by atoms with Crippen molar-refractivity contribution < 1.29 is 14.3 Å². The number of aromatic nitrogens is 1. The van der Waals surface area contributed by atoms with Crippen molar-refractivity contribution in [2.45, 2.75) is 31.9 Å². The lowest BCUT2D eigenvalue weighted by molar-refractivity contribution is -0.125. The van der Waals surface area contributed by atoms with E-state index < -0.39 is 0 Å². The Kier molecular flexibility index (Phi) is 5.14. The van der Waals surface area contributed by atoms with Crippen molar-refractivity contribution in [3.8, 4) is 0 Å². The maximum Gasteiger partial charge on any atom is 0.224 e. The van der Waals surface area contributed by atoms with Crippen LogP contribution in [0.1, 0.15) is 18.9 Å². The first kappa shape index (κ1) is 18.0. The highest BCUT2D eigenvalue weighted by Gasteiger charge is 2.27. The van der Waals surface area contributed by atoms with Crippen molar-refractivity contribution in [1.82, 2.24) is 9.88 Å². The molecule has 1 aliphatic rings. The molecule has 1 aliphatic heterocycles. The third kappa shape index (κ3) is 3.57. The van der Waals surface area contributed by atoms with Crippen LogP contribution < -0.4 is 5.32 Å². The van der Waals surface area contributed by atoms with E-state index in [1.54, 1.807) is 0 Å². The van der Waals surface area contributed by atoms with E-state index >= 15 is 0 Å². The minimum atomic E-state index is -0.0618. The molecule has 5 heteroatoms. The lowest BCUT2D eigenvalue weighted by Gasteiger charge is -2.31. The molecule has 27 heavy (non-hydrogen) atoms. The SMILES string of the molecule is CCO[C@@H]1COCC[C@H]1NC(=O)Cc1ccc2c(c1)c1ccccc1n2C. The van der Waals surface area contributed by atoms with Crippen molar-refractivity contribution in [2.24, 2.45) is 7.05 Å². The molecule has 1 N–H and O–H groups in total. The number of carbonyl (C=O) groups excluding carboxylic acids is 1. The van der Waals surface area contributed by atoms with E-state index in [4.69, 9.17) is 9.47 Å². The van der Waals surface area contributed by atoms with Crippen molar-refractivity contribution in [1.29, 1.82) is 0 Å². The maximum absolute atomic E-state index is 12.6. The highest BCUT2D eigenvalue weighted by atomic mass is 16.5. The van der Waals surface area contributed by atoms with Crippen LogP contribution in [0.15, 0.2) is 42.5 Å². The summed E-state index contributed by atoms with van der Waals surface area (Å²) in [4.78, 5) is 12.6. The van der Waals surface area contributed by atoms with Gasteiger partial charge < -0.3 is 19.4 Å². The zero-order chi connectivity index (χ0) is 18.8. The van der Waals surface area contributed by atoms with Gasteiger partial charge in [-0.15, -0.1) is 0 Å². The Bertz CT molecular complexity index is 961. The standard InChI is InChI=1S/C22H26N2O3/c1-3-27-21-14-26-11-10-18(21)23-22(25)13-15-8-9-20-17(12-15)16-6-4-5-7-19(16)24(20)2/h4-9,12,18,21H,3,10-11,13-14H2,1-2H3,(H,23,25)/t18-,21-/m1/s1. The molecule has 2 atom stereocenters. The van der Waals surface area contributed by atoms with Gasteiger partial charge in [0.25, 0.3) is 0 Å². The minimum Gasteiger partial charge on any atom is -0.379 e. The molecule has 1 fully saturated rings. The Morgan fingerprint density at radius 1 is 1.22 bits per heavy atom. The largest absolute Gasteiger partial charge is 0.379 e. The third-order valence-electron chi connectivity index (χ3n) is 5.37. The average molecular weight is 366 g/mol. The molecule has 0 unspecified atom stereocenters. The molecule has 0 bridgehead atoms. The van der Waals surface area contributed by atoms with Crippen molar-refractivity contribution in [2.75, 3.05) is 19.8 Å². The fourth-order valence-corrected chi connectivity index (χ4v) is 4.02. The Morgan fingerprint density at radius 2 is 2.04 bits per heavy atom. The molecule has 5 nitrogen and oxygen atoms in total. The molecule has 142 valence electrons. The summed E-state index contributed by atoms with van der Waals surface area (Å²) in [6.07, 6.45) is 1.10. The predicted octanol–water partition coefficient (Wildman–Crippen LogP) is 3.18. The molecule has 1 amide bonds. The van der Waals surface area contributed by atoms with Gasteiger partial charge >= 0.3 is 0 Å². The van der Waals surface area contributed by atoms with E-state index in [0.717, 1.165) is 12.0 Å². The number of fused-ring (bicyclic) bond motifs is 3. The molecule has 0 radical (unpaired) electrons. The number of hydrogen-bond acceptors (Lipinski definition) is 3. The highest BCUT2D eigenvalue weighted by Crippen LogP contribution is 2.28. The lowest BCUT2D eigenvalue weighted by Crippen LogP contribution is -2.50. The second-order valence-corrected chi connectivity index (χ2v) is 7.14. The Labute approximate surface area is 159 Å². The van der Waals surface area contributed by atoms with Crippen LogP contribution in [0.2, 0.25) is 0 Å². The van der Waals surface area contributed by atoms with Gasteiger partial charge in [0, 0.05) is 42.1 Å². The predicted molar refractivity (Wildman–Crippen MR) is 107 cm³/mol. The first-order chi connectivity index (χ1) is 13.2. The molecule has 3 aromatic rings. The Hall–Kier alpha value is -2.37. The number of aryl methyl sites for hydroxylation is 1. The average Bonchev–Trinajstić information content (AvgIpc) is 2.96. The quantitative estimate of drug-likeness (QED) is 0.755. The van der Waals surface area contributed by atoms with E-state index in [9.17, 15) is 4.79 Å². The molecular weight excluding hydrogens is 340 g/mol. The number of rotatable bonds is 5. The van der Waals surface area contributed by atoms with Crippen LogP contribution in [-0.4, -0.2) is 42.4 Å². The molecule has 0 saturated carbocycles. The van der Waals surface area contributed by atoms with Gasteiger partial charge in [-0.1, -0.05) is 24.3 Å². The van der Waals surface area contributed by atoms with E-state index in [1.807, 2.05) is 13.0 Å². The zero-order valence-corrected chi connectivity index (χ0v) is 15.9. The summed E-state index contributed by atoms with van der Waals surface area (Å²) in [5.74, 6) is 0.0335. The molecule has 1 saturated heterocycles. The summed E-state index contributed by atoms with van der Waals surface area (Å²) in [6.45, 7) is 3.79. The van der Waals surface area contributed by atoms with Crippen molar-refractivity contribution in [3.63, 3.8) is 0 Å². The van der Waals surface area contributed by atoms with Crippen LogP contribution in [0.25, 0.3) is 21.8 Å². The van der Waals surface area contributed by atoms with Gasteiger partial charge in [-0.25, -0.2) is 0 Å².